The quantitative estimate of drug-likeness (QED) is 0.0347. The SMILES string of the molecule is CC/C=C\C/C=C\C/C=C\C/C=C\C/C=C\CCCC(=O)OCC(COCCCCCCCC/C=C\C/C=C\CCCCC)OC(=O)CCCCCCCCCCCCC. The van der Waals surface area contributed by atoms with Crippen molar-refractivity contribution in [2.24, 2.45) is 0 Å². The molecule has 0 saturated heterocycles. The first-order valence-corrected chi connectivity index (χ1v) is 25.1. The van der Waals surface area contributed by atoms with Crippen LogP contribution in [0, 0.1) is 0 Å². The fourth-order valence-corrected chi connectivity index (χ4v) is 6.69. The number of ether oxygens (including phenoxy) is 3. The Bertz CT molecular complexity index is 1130. The minimum absolute atomic E-state index is 0.0498. The van der Waals surface area contributed by atoms with Crippen LogP contribution in [0.1, 0.15) is 226 Å². The fraction of sp³-hybridized carbons (Fsp3) is 0.709. The van der Waals surface area contributed by atoms with Crippen molar-refractivity contribution in [1.82, 2.24) is 0 Å². The molecule has 0 heterocycles. The van der Waals surface area contributed by atoms with Gasteiger partial charge in [-0.15, -0.1) is 0 Å². The second-order valence-corrected chi connectivity index (χ2v) is 16.3. The van der Waals surface area contributed by atoms with E-state index in [0.717, 1.165) is 77.0 Å². The van der Waals surface area contributed by atoms with Gasteiger partial charge in [0.1, 0.15) is 6.61 Å². The maximum atomic E-state index is 12.8. The molecular weight excluding hydrogens is 741 g/mol. The molecule has 0 spiro atoms. The number of hydrogen-bond donors (Lipinski definition) is 0. The molecule has 0 fully saturated rings. The van der Waals surface area contributed by atoms with E-state index in [2.05, 4.69) is 106 Å². The van der Waals surface area contributed by atoms with Crippen molar-refractivity contribution in [3.63, 3.8) is 0 Å². The topological polar surface area (TPSA) is 61.8 Å². The zero-order chi connectivity index (χ0) is 43.5. The second-order valence-electron chi connectivity index (χ2n) is 16.3. The largest absolute Gasteiger partial charge is 0.462 e. The predicted molar refractivity (Wildman–Crippen MR) is 260 cm³/mol. The van der Waals surface area contributed by atoms with Crippen molar-refractivity contribution in [3.05, 3.63) is 85.1 Å². The van der Waals surface area contributed by atoms with E-state index >= 15 is 0 Å². The molecule has 0 aromatic rings. The fourth-order valence-electron chi connectivity index (χ4n) is 6.69. The van der Waals surface area contributed by atoms with Gasteiger partial charge in [0.25, 0.3) is 0 Å². The molecule has 0 aliphatic carbocycles. The molecule has 5 nitrogen and oxygen atoms in total. The lowest BCUT2D eigenvalue weighted by molar-refractivity contribution is -0.163. The number of esters is 2. The maximum absolute atomic E-state index is 12.8. The summed E-state index contributed by atoms with van der Waals surface area (Å²) in [5, 5.41) is 0. The Kier molecular flexibility index (Phi) is 48.0. The van der Waals surface area contributed by atoms with Gasteiger partial charge in [0.15, 0.2) is 6.10 Å². The standard InChI is InChI=1S/C55H94O5/c1-4-7-10-13-16-19-22-24-26-28-29-31-34-36-39-42-45-48-54(56)59-52-53(60-55(57)49-46-43-40-37-33-21-18-15-12-9-6-3)51-58-50-47-44-41-38-35-32-30-27-25-23-20-17-14-11-8-5-2/h7,10,16-17,19-20,24-27,29,31,36,39,53H,4-6,8-9,11-15,18,21-23,28,30,32-35,37-38,40-52H2,1-3H3/b10-7-,19-16-,20-17-,26-24-,27-25-,31-29-,39-36-. The summed E-state index contributed by atoms with van der Waals surface area (Å²) in [5.41, 5.74) is 0. The molecule has 0 bridgehead atoms. The Morgan fingerprint density at radius 2 is 0.767 bits per heavy atom. The van der Waals surface area contributed by atoms with Crippen LogP contribution in [0.5, 0.6) is 0 Å². The molecule has 0 aliphatic rings. The van der Waals surface area contributed by atoms with Gasteiger partial charge in [-0.1, -0.05) is 209 Å². The van der Waals surface area contributed by atoms with Crippen LogP contribution >= 0.6 is 0 Å². The highest BCUT2D eigenvalue weighted by atomic mass is 16.6. The summed E-state index contributed by atoms with van der Waals surface area (Å²) in [6, 6.07) is 0. The van der Waals surface area contributed by atoms with Crippen molar-refractivity contribution < 1.29 is 23.8 Å². The summed E-state index contributed by atoms with van der Waals surface area (Å²) < 4.78 is 17.3. The summed E-state index contributed by atoms with van der Waals surface area (Å²) in [6.07, 6.45) is 65.9. The monoisotopic (exact) mass is 835 g/mol. The van der Waals surface area contributed by atoms with Crippen molar-refractivity contribution in [2.75, 3.05) is 19.8 Å². The van der Waals surface area contributed by atoms with E-state index in [0.29, 0.717) is 19.4 Å². The van der Waals surface area contributed by atoms with Crippen LogP contribution in [0.2, 0.25) is 0 Å². The van der Waals surface area contributed by atoms with E-state index in [9.17, 15) is 9.59 Å². The molecule has 344 valence electrons. The summed E-state index contributed by atoms with van der Waals surface area (Å²) in [5.74, 6) is -0.471. The van der Waals surface area contributed by atoms with Crippen molar-refractivity contribution in [3.8, 4) is 0 Å². The molecule has 0 amide bonds. The summed E-state index contributed by atoms with van der Waals surface area (Å²) in [4.78, 5) is 25.3. The van der Waals surface area contributed by atoms with Crippen LogP contribution in [0.25, 0.3) is 0 Å². The molecule has 0 aromatic heterocycles. The molecule has 0 rings (SSSR count). The lowest BCUT2D eigenvalue weighted by Crippen LogP contribution is -2.30. The average molecular weight is 835 g/mol. The summed E-state index contributed by atoms with van der Waals surface area (Å²) in [7, 11) is 0. The van der Waals surface area contributed by atoms with Gasteiger partial charge in [-0.2, -0.15) is 0 Å². The van der Waals surface area contributed by atoms with E-state index in [-0.39, 0.29) is 25.2 Å². The number of allylic oxidation sites excluding steroid dienone is 14. The lowest BCUT2D eigenvalue weighted by atomic mass is 10.1. The molecule has 0 aromatic carbocycles. The minimum Gasteiger partial charge on any atom is -0.462 e. The van der Waals surface area contributed by atoms with E-state index < -0.39 is 6.10 Å². The van der Waals surface area contributed by atoms with Gasteiger partial charge in [-0.25, -0.2) is 0 Å². The van der Waals surface area contributed by atoms with Gasteiger partial charge in [-0.3, -0.25) is 9.59 Å². The third-order valence-electron chi connectivity index (χ3n) is 10.4. The zero-order valence-electron chi connectivity index (χ0n) is 39.5. The molecule has 60 heavy (non-hydrogen) atoms. The lowest BCUT2D eigenvalue weighted by Gasteiger charge is -2.18. The van der Waals surface area contributed by atoms with Crippen LogP contribution in [0.4, 0.5) is 0 Å². The second kappa shape index (κ2) is 50.4. The molecule has 1 atom stereocenters. The van der Waals surface area contributed by atoms with Crippen LogP contribution < -0.4 is 0 Å². The first kappa shape index (κ1) is 57.1. The van der Waals surface area contributed by atoms with Crippen LogP contribution in [-0.4, -0.2) is 37.9 Å². The highest BCUT2D eigenvalue weighted by molar-refractivity contribution is 5.70. The number of rotatable bonds is 45. The van der Waals surface area contributed by atoms with Crippen molar-refractivity contribution >= 4 is 11.9 Å². The molecular formula is C55H94O5. The van der Waals surface area contributed by atoms with Gasteiger partial charge in [-0.05, 0) is 89.9 Å². The predicted octanol–water partition coefficient (Wildman–Crippen LogP) is 16.9. The Hall–Kier alpha value is -2.92. The molecule has 0 aliphatic heterocycles. The number of hydrogen-bond acceptors (Lipinski definition) is 5. The van der Waals surface area contributed by atoms with Gasteiger partial charge < -0.3 is 14.2 Å². The van der Waals surface area contributed by atoms with E-state index in [1.54, 1.807) is 0 Å². The molecule has 0 N–H and O–H groups in total. The van der Waals surface area contributed by atoms with Gasteiger partial charge >= 0.3 is 11.9 Å². The first-order chi connectivity index (χ1) is 29.6. The van der Waals surface area contributed by atoms with Gasteiger partial charge in [0, 0.05) is 19.4 Å². The first-order valence-electron chi connectivity index (χ1n) is 25.1. The van der Waals surface area contributed by atoms with Gasteiger partial charge in [0.05, 0.1) is 6.61 Å². The van der Waals surface area contributed by atoms with Gasteiger partial charge in [0.2, 0.25) is 0 Å². The Morgan fingerprint density at radius 1 is 0.383 bits per heavy atom. The minimum atomic E-state index is -0.565. The van der Waals surface area contributed by atoms with E-state index in [1.807, 2.05) is 0 Å². The Labute approximate surface area is 371 Å². The van der Waals surface area contributed by atoms with Crippen LogP contribution in [-0.2, 0) is 23.8 Å². The summed E-state index contributed by atoms with van der Waals surface area (Å²) >= 11 is 0. The van der Waals surface area contributed by atoms with Crippen LogP contribution in [0.15, 0.2) is 85.1 Å². The van der Waals surface area contributed by atoms with Crippen molar-refractivity contribution in [1.29, 1.82) is 0 Å². The smallest absolute Gasteiger partial charge is 0.306 e. The normalized spacial score (nSPS) is 12.9. The molecule has 0 saturated carbocycles. The Balaban J connectivity index is 4.36. The van der Waals surface area contributed by atoms with Crippen LogP contribution in [0.3, 0.4) is 0 Å². The molecule has 1 unspecified atom stereocenters. The highest BCUT2D eigenvalue weighted by Crippen LogP contribution is 2.14. The van der Waals surface area contributed by atoms with Crippen molar-refractivity contribution in [2.45, 2.75) is 232 Å². The Morgan fingerprint density at radius 3 is 1.28 bits per heavy atom. The van der Waals surface area contributed by atoms with E-state index in [1.165, 1.54) is 116 Å². The number of unbranched alkanes of at least 4 members (excludes halogenated alkanes) is 20. The zero-order valence-corrected chi connectivity index (χ0v) is 39.5. The summed E-state index contributed by atoms with van der Waals surface area (Å²) in [6.45, 7) is 7.60. The average Bonchev–Trinajstić information content (AvgIpc) is 3.25. The molecule has 5 heteroatoms. The number of carbonyl (C=O) groups excluding carboxylic acids is 2. The highest BCUT2D eigenvalue weighted by Gasteiger charge is 2.17. The molecule has 0 radical (unpaired) electrons. The number of carbonyl (C=O) groups is 2. The van der Waals surface area contributed by atoms with E-state index in [4.69, 9.17) is 14.2 Å². The maximum Gasteiger partial charge on any atom is 0.306 e. The third-order valence-corrected chi connectivity index (χ3v) is 10.4. The third kappa shape index (κ3) is 47.8.